The van der Waals surface area contributed by atoms with Crippen LogP contribution in [0.5, 0.6) is 5.75 Å². The first kappa shape index (κ1) is 14.2. The Kier molecular flexibility index (Phi) is 4.66. The van der Waals surface area contributed by atoms with Crippen molar-refractivity contribution in [1.29, 1.82) is 0 Å². The van der Waals surface area contributed by atoms with Gasteiger partial charge in [0.2, 0.25) is 0 Å². The molecule has 2 N–H and O–H groups in total. The second-order valence-electron chi connectivity index (χ2n) is 3.86. The molecule has 1 aromatic carbocycles. The van der Waals surface area contributed by atoms with Crippen molar-refractivity contribution in [3.8, 4) is 5.75 Å². The van der Waals surface area contributed by atoms with Crippen LogP contribution in [0.25, 0.3) is 0 Å². The number of nitrogens with zero attached hydrogens (tertiary/aromatic N) is 1. The highest BCUT2D eigenvalue weighted by atomic mass is 35.5. The number of rotatable bonds is 4. The Morgan fingerprint density at radius 2 is 1.89 bits per heavy atom. The lowest BCUT2D eigenvalue weighted by molar-refractivity contribution is 0.305. The van der Waals surface area contributed by atoms with E-state index in [0.717, 1.165) is 5.56 Å². The summed E-state index contributed by atoms with van der Waals surface area (Å²) in [5.74, 6) is 0.441. The third-order valence-corrected chi connectivity index (χ3v) is 3.16. The normalized spacial score (nSPS) is 10.3. The first-order chi connectivity index (χ1) is 9.06. The van der Waals surface area contributed by atoms with E-state index in [0.29, 0.717) is 15.8 Å². The number of pyridine rings is 1. The summed E-state index contributed by atoms with van der Waals surface area (Å²) in [5, 5.41) is 19.0. The minimum atomic E-state index is -1.57. The second-order valence-corrected chi connectivity index (χ2v) is 4.68. The lowest BCUT2D eigenvalue weighted by atomic mass is 9.82. The zero-order valence-corrected chi connectivity index (χ0v) is 11.3. The molecule has 0 amide bonds. The summed E-state index contributed by atoms with van der Waals surface area (Å²) in [7, 11) is -1.57. The maximum Gasteiger partial charge on any atom is 0.490 e. The first-order valence-corrected chi connectivity index (χ1v) is 6.19. The molecule has 98 valence electrons. The summed E-state index contributed by atoms with van der Waals surface area (Å²) >= 11 is 11.7. The van der Waals surface area contributed by atoms with Crippen molar-refractivity contribution < 1.29 is 14.8 Å². The molecule has 0 aliphatic rings. The molecule has 1 heterocycles. The average Bonchev–Trinajstić information content (AvgIpc) is 2.40. The Balaban J connectivity index is 2.05. The molecule has 0 bridgehead atoms. The topological polar surface area (TPSA) is 62.6 Å². The fourth-order valence-electron chi connectivity index (χ4n) is 1.45. The summed E-state index contributed by atoms with van der Waals surface area (Å²) < 4.78 is 5.49. The molecule has 4 nitrogen and oxygen atoms in total. The van der Waals surface area contributed by atoms with Crippen molar-refractivity contribution in [2.75, 3.05) is 0 Å². The van der Waals surface area contributed by atoms with Crippen LogP contribution in [0.1, 0.15) is 5.56 Å². The van der Waals surface area contributed by atoms with E-state index in [1.807, 2.05) is 0 Å². The van der Waals surface area contributed by atoms with Gasteiger partial charge in [0.25, 0.3) is 0 Å². The van der Waals surface area contributed by atoms with Gasteiger partial charge >= 0.3 is 7.12 Å². The van der Waals surface area contributed by atoms with Crippen LogP contribution in [0.4, 0.5) is 0 Å². The van der Waals surface area contributed by atoms with Gasteiger partial charge in [-0.1, -0.05) is 29.3 Å². The van der Waals surface area contributed by atoms with Gasteiger partial charge in [0.1, 0.15) is 12.4 Å². The molecular formula is C12H10BCl2NO3. The smallest absolute Gasteiger partial charge is 0.487 e. The molecule has 0 unspecified atom stereocenters. The van der Waals surface area contributed by atoms with Gasteiger partial charge in [0.05, 0.1) is 16.2 Å². The number of benzene rings is 1. The van der Waals surface area contributed by atoms with Gasteiger partial charge in [0, 0.05) is 11.7 Å². The first-order valence-electron chi connectivity index (χ1n) is 5.44. The van der Waals surface area contributed by atoms with Crippen molar-refractivity contribution in [1.82, 2.24) is 4.98 Å². The van der Waals surface area contributed by atoms with Gasteiger partial charge in [-0.05, 0) is 23.8 Å². The average molecular weight is 298 g/mol. The van der Waals surface area contributed by atoms with Crippen molar-refractivity contribution >= 4 is 35.8 Å². The van der Waals surface area contributed by atoms with Crippen LogP contribution in [-0.2, 0) is 6.61 Å². The van der Waals surface area contributed by atoms with Gasteiger partial charge < -0.3 is 14.8 Å². The fraction of sp³-hybridized carbons (Fsp3) is 0.0833. The third kappa shape index (κ3) is 3.85. The number of halogens is 2. The van der Waals surface area contributed by atoms with E-state index in [4.69, 9.17) is 38.0 Å². The molecule has 2 rings (SSSR count). The van der Waals surface area contributed by atoms with Gasteiger partial charge in [-0.15, -0.1) is 0 Å². The largest absolute Gasteiger partial charge is 0.490 e. The van der Waals surface area contributed by atoms with E-state index in [2.05, 4.69) is 4.98 Å². The minimum Gasteiger partial charge on any atom is -0.487 e. The molecule has 7 heteroatoms. The standard InChI is InChI=1S/C12H10BCl2NO3/c14-11-2-1-8(3-12(11)15)7-19-10-4-9(13(17)18)5-16-6-10/h1-6,17-18H,7H2. The zero-order chi connectivity index (χ0) is 13.8. The lowest BCUT2D eigenvalue weighted by Crippen LogP contribution is -2.30. The van der Waals surface area contributed by atoms with Gasteiger partial charge in [-0.25, -0.2) is 0 Å². The summed E-state index contributed by atoms with van der Waals surface area (Å²) in [4.78, 5) is 3.86. The Morgan fingerprint density at radius 3 is 2.58 bits per heavy atom. The van der Waals surface area contributed by atoms with Crippen LogP contribution in [0.2, 0.25) is 10.0 Å². The van der Waals surface area contributed by atoms with Crippen LogP contribution in [0.3, 0.4) is 0 Å². The van der Waals surface area contributed by atoms with Crippen molar-refractivity contribution in [3.63, 3.8) is 0 Å². The molecule has 0 fully saturated rings. The highest BCUT2D eigenvalue weighted by Crippen LogP contribution is 2.23. The van der Waals surface area contributed by atoms with Crippen LogP contribution in [0, 0.1) is 0 Å². The maximum absolute atomic E-state index is 9.03. The summed E-state index contributed by atoms with van der Waals surface area (Å²) in [6.07, 6.45) is 2.85. The molecule has 0 atom stereocenters. The van der Waals surface area contributed by atoms with Crippen molar-refractivity contribution in [3.05, 3.63) is 52.3 Å². The molecular weight excluding hydrogens is 288 g/mol. The SMILES string of the molecule is OB(O)c1cncc(OCc2ccc(Cl)c(Cl)c2)c1. The second kappa shape index (κ2) is 6.26. The molecule has 0 aliphatic heterocycles. The molecule has 1 aromatic heterocycles. The number of hydrogen-bond donors (Lipinski definition) is 2. The van der Waals surface area contributed by atoms with E-state index in [1.54, 1.807) is 18.2 Å². The predicted molar refractivity (Wildman–Crippen MR) is 74.9 cm³/mol. The quantitative estimate of drug-likeness (QED) is 0.843. The van der Waals surface area contributed by atoms with Crippen molar-refractivity contribution in [2.45, 2.75) is 6.61 Å². The molecule has 0 saturated carbocycles. The molecule has 0 spiro atoms. The third-order valence-electron chi connectivity index (χ3n) is 2.42. The number of aromatic nitrogens is 1. The van der Waals surface area contributed by atoms with Gasteiger partial charge in [-0.3, -0.25) is 4.98 Å². The Morgan fingerprint density at radius 1 is 1.11 bits per heavy atom. The Bertz CT molecular complexity index is 581. The summed E-state index contributed by atoms with van der Waals surface area (Å²) in [6, 6.07) is 6.71. The molecule has 0 saturated heterocycles. The predicted octanol–water partition coefficient (Wildman–Crippen LogP) is 1.65. The Hall–Kier alpha value is -1.27. The van der Waals surface area contributed by atoms with Crippen LogP contribution < -0.4 is 10.2 Å². The molecule has 2 aromatic rings. The van der Waals surface area contributed by atoms with E-state index in [1.165, 1.54) is 18.5 Å². The van der Waals surface area contributed by atoms with Crippen molar-refractivity contribution in [2.24, 2.45) is 0 Å². The van der Waals surface area contributed by atoms with Crippen LogP contribution in [0.15, 0.2) is 36.7 Å². The minimum absolute atomic E-state index is 0.270. The van der Waals surface area contributed by atoms with E-state index in [9.17, 15) is 0 Å². The van der Waals surface area contributed by atoms with Gasteiger partial charge in [-0.2, -0.15) is 0 Å². The number of ether oxygens (including phenoxy) is 1. The zero-order valence-electron chi connectivity index (χ0n) is 9.75. The van der Waals surface area contributed by atoms with Gasteiger partial charge in [0.15, 0.2) is 0 Å². The van der Waals surface area contributed by atoms with E-state index >= 15 is 0 Å². The van der Waals surface area contributed by atoms with E-state index < -0.39 is 7.12 Å². The molecule has 19 heavy (non-hydrogen) atoms. The summed E-state index contributed by atoms with van der Waals surface area (Å²) in [5.41, 5.74) is 1.12. The molecule has 0 radical (unpaired) electrons. The molecule has 0 aliphatic carbocycles. The van der Waals surface area contributed by atoms with E-state index in [-0.39, 0.29) is 12.1 Å². The maximum atomic E-state index is 9.03. The van der Waals surface area contributed by atoms with Crippen LogP contribution >= 0.6 is 23.2 Å². The number of hydrogen-bond acceptors (Lipinski definition) is 4. The summed E-state index contributed by atoms with van der Waals surface area (Å²) in [6.45, 7) is 0.281. The lowest BCUT2D eigenvalue weighted by Gasteiger charge is -2.08. The monoisotopic (exact) mass is 297 g/mol. The van der Waals surface area contributed by atoms with Crippen LogP contribution in [-0.4, -0.2) is 22.2 Å². The fourth-order valence-corrected chi connectivity index (χ4v) is 1.77. The highest BCUT2D eigenvalue weighted by molar-refractivity contribution is 6.58. The Labute approximate surface area is 120 Å². The highest BCUT2D eigenvalue weighted by Gasteiger charge is 2.12.